The van der Waals surface area contributed by atoms with Gasteiger partial charge in [0.2, 0.25) is 0 Å². The van der Waals surface area contributed by atoms with Gasteiger partial charge in [-0.2, -0.15) is 0 Å². The van der Waals surface area contributed by atoms with Gasteiger partial charge in [0, 0.05) is 17.4 Å². The molecule has 0 bridgehead atoms. The maximum Gasteiger partial charge on any atom is 0.0307 e. The van der Waals surface area contributed by atoms with Crippen molar-refractivity contribution < 1.29 is 0 Å². The second kappa shape index (κ2) is 6.85. The van der Waals surface area contributed by atoms with Gasteiger partial charge < -0.3 is 9.47 Å². The second-order valence-corrected chi connectivity index (χ2v) is 5.00. The van der Waals surface area contributed by atoms with Crippen LogP contribution >= 0.6 is 0 Å². The van der Waals surface area contributed by atoms with E-state index in [1.807, 2.05) is 0 Å². The van der Waals surface area contributed by atoms with Crippen molar-refractivity contribution in [2.24, 2.45) is 0 Å². The van der Waals surface area contributed by atoms with Crippen LogP contribution in [0.4, 0.5) is 0 Å². The summed E-state index contributed by atoms with van der Waals surface area (Å²) in [4.78, 5) is 2.50. The van der Waals surface area contributed by atoms with E-state index in [1.165, 1.54) is 43.9 Å². The molecule has 1 unspecified atom stereocenters. The van der Waals surface area contributed by atoms with Crippen LogP contribution in [0.15, 0.2) is 12.1 Å². The molecule has 2 nitrogen and oxygen atoms in total. The van der Waals surface area contributed by atoms with Crippen molar-refractivity contribution in [1.82, 2.24) is 9.47 Å². The van der Waals surface area contributed by atoms with E-state index < -0.39 is 0 Å². The molecular formula is C15H28N2. The van der Waals surface area contributed by atoms with E-state index in [4.69, 9.17) is 0 Å². The van der Waals surface area contributed by atoms with Crippen LogP contribution in [-0.4, -0.2) is 29.1 Å². The summed E-state index contributed by atoms with van der Waals surface area (Å²) in [5.41, 5.74) is 2.77. The number of hydrogen-bond acceptors (Lipinski definition) is 1. The molecule has 0 N–H and O–H groups in total. The zero-order valence-corrected chi connectivity index (χ0v) is 12.2. The summed E-state index contributed by atoms with van der Waals surface area (Å²) in [5.74, 6) is 0. The molecule has 0 saturated carbocycles. The van der Waals surface area contributed by atoms with Crippen LogP contribution in [0.3, 0.4) is 0 Å². The van der Waals surface area contributed by atoms with E-state index in [0.29, 0.717) is 6.04 Å². The normalized spacial score (nSPS) is 13.3. The van der Waals surface area contributed by atoms with Crippen LogP contribution in [0.2, 0.25) is 0 Å². The molecule has 0 aliphatic rings. The molecule has 1 atom stereocenters. The van der Waals surface area contributed by atoms with E-state index in [2.05, 4.69) is 56.2 Å². The maximum atomic E-state index is 2.50. The lowest BCUT2D eigenvalue weighted by Gasteiger charge is -2.21. The van der Waals surface area contributed by atoms with Crippen molar-refractivity contribution in [3.63, 3.8) is 0 Å². The first-order chi connectivity index (χ1) is 8.10. The van der Waals surface area contributed by atoms with Gasteiger partial charge in [-0.25, -0.2) is 0 Å². The Hall–Kier alpha value is -0.760. The van der Waals surface area contributed by atoms with Crippen LogP contribution in [0.5, 0.6) is 0 Å². The van der Waals surface area contributed by atoms with E-state index in [1.54, 1.807) is 0 Å². The molecule has 0 amide bonds. The van der Waals surface area contributed by atoms with Crippen molar-refractivity contribution >= 4 is 0 Å². The third-order valence-corrected chi connectivity index (χ3v) is 3.76. The second-order valence-electron chi connectivity index (χ2n) is 5.00. The van der Waals surface area contributed by atoms with Crippen molar-refractivity contribution in [1.29, 1.82) is 0 Å². The zero-order chi connectivity index (χ0) is 12.8. The first kappa shape index (κ1) is 14.3. The van der Waals surface area contributed by atoms with Gasteiger partial charge in [0.1, 0.15) is 0 Å². The Labute approximate surface area is 107 Å². The highest BCUT2D eigenvalue weighted by molar-refractivity contribution is 5.14. The Morgan fingerprint density at radius 3 is 2.12 bits per heavy atom. The lowest BCUT2D eigenvalue weighted by Crippen LogP contribution is -2.24. The zero-order valence-electron chi connectivity index (χ0n) is 12.2. The monoisotopic (exact) mass is 236 g/mol. The van der Waals surface area contributed by atoms with Crippen LogP contribution < -0.4 is 0 Å². The molecule has 17 heavy (non-hydrogen) atoms. The molecule has 1 rings (SSSR count). The van der Waals surface area contributed by atoms with Crippen LogP contribution in [-0.2, 0) is 0 Å². The highest BCUT2D eigenvalue weighted by Gasteiger charge is 2.09. The Kier molecular flexibility index (Phi) is 5.76. The molecule has 1 aromatic rings. The van der Waals surface area contributed by atoms with E-state index >= 15 is 0 Å². The molecule has 1 heterocycles. The van der Waals surface area contributed by atoms with Gasteiger partial charge in [-0.3, -0.25) is 0 Å². The Bertz CT molecular complexity index is 304. The smallest absolute Gasteiger partial charge is 0.0307 e. The van der Waals surface area contributed by atoms with E-state index in [-0.39, 0.29) is 0 Å². The Balaban J connectivity index is 2.42. The van der Waals surface area contributed by atoms with Crippen molar-refractivity contribution in [2.75, 3.05) is 19.6 Å². The van der Waals surface area contributed by atoms with Crippen LogP contribution in [0.1, 0.15) is 51.0 Å². The quantitative estimate of drug-likeness (QED) is 0.699. The van der Waals surface area contributed by atoms with Gasteiger partial charge in [-0.1, -0.05) is 13.8 Å². The highest BCUT2D eigenvalue weighted by Crippen LogP contribution is 2.19. The molecule has 98 valence electrons. The van der Waals surface area contributed by atoms with Crippen molar-refractivity contribution in [3.05, 3.63) is 23.5 Å². The summed E-state index contributed by atoms with van der Waals surface area (Å²) < 4.78 is 2.46. The highest BCUT2D eigenvalue weighted by atomic mass is 15.1. The van der Waals surface area contributed by atoms with Crippen molar-refractivity contribution in [2.45, 2.75) is 53.5 Å². The average Bonchev–Trinajstić information content (AvgIpc) is 2.64. The van der Waals surface area contributed by atoms with Crippen LogP contribution in [0, 0.1) is 13.8 Å². The summed E-state index contributed by atoms with van der Waals surface area (Å²) in [6.07, 6.45) is 2.56. The molecule has 0 radical (unpaired) electrons. The molecular weight excluding hydrogens is 208 g/mol. The molecule has 0 fully saturated rings. The van der Waals surface area contributed by atoms with E-state index in [0.717, 1.165) is 0 Å². The Morgan fingerprint density at radius 1 is 1.12 bits per heavy atom. The predicted molar refractivity (Wildman–Crippen MR) is 75.6 cm³/mol. The molecule has 0 aromatic carbocycles. The maximum absolute atomic E-state index is 2.50. The number of aryl methyl sites for hydroxylation is 2. The van der Waals surface area contributed by atoms with Gasteiger partial charge in [-0.15, -0.1) is 0 Å². The van der Waals surface area contributed by atoms with Gasteiger partial charge in [0.05, 0.1) is 0 Å². The molecule has 0 saturated heterocycles. The predicted octanol–water partition coefficient (Wildman–Crippen LogP) is 3.79. The molecule has 2 heteroatoms. The SMILES string of the molecule is CCN(CC)CCCC(C)n1c(C)ccc1C. The minimum Gasteiger partial charge on any atom is -0.346 e. The largest absolute Gasteiger partial charge is 0.346 e. The fraction of sp³-hybridized carbons (Fsp3) is 0.733. The molecule has 1 aromatic heterocycles. The topological polar surface area (TPSA) is 8.17 Å². The first-order valence-corrected chi connectivity index (χ1v) is 6.96. The average molecular weight is 236 g/mol. The third-order valence-electron chi connectivity index (χ3n) is 3.76. The minimum absolute atomic E-state index is 0.626. The lowest BCUT2D eigenvalue weighted by molar-refractivity contribution is 0.287. The molecule has 0 aliphatic carbocycles. The molecule has 0 spiro atoms. The number of aromatic nitrogens is 1. The molecule has 0 aliphatic heterocycles. The summed E-state index contributed by atoms with van der Waals surface area (Å²) in [5, 5.41) is 0. The summed E-state index contributed by atoms with van der Waals surface area (Å²) in [7, 11) is 0. The summed E-state index contributed by atoms with van der Waals surface area (Å²) in [6.45, 7) is 14.8. The third kappa shape index (κ3) is 3.88. The Morgan fingerprint density at radius 2 is 1.65 bits per heavy atom. The van der Waals surface area contributed by atoms with Gasteiger partial charge >= 0.3 is 0 Å². The van der Waals surface area contributed by atoms with Gasteiger partial charge in [-0.05, 0) is 65.4 Å². The minimum atomic E-state index is 0.626. The standard InChI is InChI=1S/C15H28N2/c1-6-16(7-2)12-8-9-13(3)17-14(4)10-11-15(17)5/h10-11,13H,6-9,12H2,1-5H3. The lowest BCUT2D eigenvalue weighted by atomic mass is 10.1. The summed E-state index contributed by atoms with van der Waals surface area (Å²) >= 11 is 0. The first-order valence-electron chi connectivity index (χ1n) is 6.96. The van der Waals surface area contributed by atoms with E-state index in [9.17, 15) is 0 Å². The number of rotatable bonds is 7. The number of nitrogens with zero attached hydrogens (tertiary/aromatic N) is 2. The van der Waals surface area contributed by atoms with Crippen LogP contribution in [0.25, 0.3) is 0 Å². The van der Waals surface area contributed by atoms with Gasteiger partial charge in [0.25, 0.3) is 0 Å². The number of hydrogen-bond donors (Lipinski definition) is 0. The van der Waals surface area contributed by atoms with Gasteiger partial charge in [0.15, 0.2) is 0 Å². The summed E-state index contributed by atoms with van der Waals surface area (Å²) in [6, 6.07) is 5.06. The van der Waals surface area contributed by atoms with Crippen molar-refractivity contribution in [3.8, 4) is 0 Å². The fourth-order valence-electron chi connectivity index (χ4n) is 2.65. The fourth-order valence-corrected chi connectivity index (χ4v) is 2.65.